The number of allylic oxidation sites excluding steroid dienone is 2. The van der Waals surface area contributed by atoms with Gasteiger partial charge < -0.3 is 24.5 Å². The van der Waals surface area contributed by atoms with Crippen molar-refractivity contribution in [3.05, 3.63) is 36.4 Å². The number of ether oxygens (including phenoxy) is 1. The van der Waals surface area contributed by atoms with Crippen molar-refractivity contribution in [3.63, 3.8) is 0 Å². The average Bonchev–Trinajstić information content (AvgIpc) is 3.13. The quantitative estimate of drug-likeness (QED) is 0.512. The molecule has 0 spiro atoms. The van der Waals surface area contributed by atoms with Gasteiger partial charge >= 0.3 is 6.11 Å². The molecule has 5 rings (SSSR count). The fraction of sp³-hybridized carbons (Fsp3) is 0.455. The molecule has 2 unspecified atom stereocenters. The van der Waals surface area contributed by atoms with E-state index in [9.17, 15) is 13.9 Å². The third-order valence-electron chi connectivity index (χ3n) is 5.46. The van der Waals surface area contributed by atoms with E-state index in [4.69, 9.17) is 9.15 Å². The van der Waals surface area contributed by atoms with Gasteiger partial charge in [0.2, 0.25) is 0 Å². The molecule has 3 aliphatic heterocycles. The molecule has 4 heterocycles. The lowest BCUT2D eigenvalue weighted by atomic mass is 9.92. The van der Waals surface area contributed by atoms with Gasteiger partial charge in [-0.2, -0.15) is 13.8 Å². The van der Waals surface area contributed by atoms with Crippen molar-refractivity contribution < 1.29 is 23.0 Å². The van der Waals surface area contributed by atoms with E-state index in [-0.39, 0.29) is 16.8 Å². The predicted octanol–water partition coefficient (Wildman–Crippen LogP) is 3.74. The van der Waals surface area contributed by atoms with Crippen LogP contribution in [0.5, 0.6) is 5.75 Å². The third-order valence-corrected chi connectivity index (χ3v) is 5.46. The van der Waals surface area contributed by atoms with Crippen molar-refractivity contribution in [2.75, 3.05) is 18.0 Å². The highest BCUT2D eigenvalue weighted by Crippen LogP contribution is 2.40. The van der Waals surface area contributed by atoms with E-state index in [0.29, 0.717) is 29.4 Å². The van der Waals surface area contributed by atoms with Gasteiger partial charge in [-0.1, -0.05) is 12.7 Å². The van der Waals surface area contributed by atoms with Crippen molar-refractivity contribution in [1.29, 1.82) is 0 Å². The number of alkyl halides is 2. The van der Waals surface area contributed by atoms with Gasteiger partial charge in [0.05, 0.1) is 5.70 Å². The number of fused-ring (bicyclic) bond motifs is 3. The van der Waals surface area contributed by atoms with Gasteiger partial charge in [-0.3, -0.25) is 4.99 Å². The Hall–Kier alpha value is -2.78. The lowest BCUT2D eigenvalue weighted by molar-refractivity contribution is -0.275. The van der Waals surface area contributed by atoms with Crippen molar-refractivity contribution in [3.8, 4) is 5.75 Å². The van der Waals surface area contributed by atoms with E-state index in [2.05, 4.69) is 21.9 Å². The summed E-state index contributed by atoms with van der Waals surface area (Å²) in [6.07, 6.45) is 2.17. The summed E-state index contributed by atoms with van der Waals surface area (Å²) >= 11 is 0. The molecule has 2 atom stereocenters. The first-order valence-corrected chi connectivity index (χ1v) is 10.2. The number of rotatable bonds is 7. The largest absolute Gasteiger partial charge is 0.428 e. The van der Waals surface area contributed by atoms with Crippen LogP contribution < -0.4 is 15.0 Å². The monoisotopic (exact) mass is 432 g/mol. The van der Waals surface area contributed by atoms with Crippen molar-refractivity contribution in [1.82, 2.24) is 10.3 Å². The molecule has 0 radical (unpaired) electrons. The molecule has 1 aromatic heterocycles. The highest BCUT2D eigenvalue weighted by Gasteiger charge is 2.49. The Balaban J connectivity index is 1.82. The van der Waals surface area contributed by atoms with Crippen LogP contribution in [0.1, 0.15) is 32.8 Å². The minimum absolute atomic E-state index is 0.143. The third kappa shape index (κ3) is 3.95. The molecule has 31 heavy (non-hydrogen) atoms. The summed E-state index contributed by atoms with van der Waals surface area (Å²) < 4.78 is 40.0. The summed E-state index contributed by atoms with van der Waals surface area (Å²) in [5.41, 5.74) is -0.833. The zero-order chi connectivity index (χ0) is 22.4. The molecule has 3 fully saturated rings. The summed E-state index contributed by atoms with van der Waals surface area (Å²) in [4.78, 5) is 10.8. The first-order valence-electron chi connectivity index (χ1n) is 10.2. The number of anilines is 1. The van der Waals surface area contributed by atoms with Gasteiger partial charge in [-0.15, -0.1) is 0 Å². The number of aromatic nitrogens is 1. The van der Waals surface area contributed by atoms with Crippen LogP contribution in [0.2, 0.25) is 0 Å². The van der Waals surface area contributed by atoms with E-state index < -0.39 is 11.7 Å². The maximum absolute atomic E-state index is 14.5. The first kappa shape index (κ1) is 21.5. The van der Waals surface area contributed by atoms with E-state index in [1.165, 1.54) is 6.07 Å². The van der Waals surface area contributed by atoms with Crippen LogP contribution in [0.25, 0.3) is 16.8 Å². The minimum Gasteiger partial charge on any atom is -0.428 e. The molecule has 3 saturated heterocycles. The molecule has 9 heteroatoms. The second-order valence-electron chi connectivity index (χ2n) is 8.34. The van der Waals surface area contributed by atoms with Gasteiger partial charge in [0, 0.05) is 37.0 Å². The van der Waals surface area contributed by atoms with Crippen LogP contribution in [0.3, 0.4) is 0 Å². The zero-order valence-corrected chi connectivity index (χ0v) is 17.7. The van der Waals surface area contributed by atoms with Gasteiger partial charge in [0.1, 0.15) is 0 Å². The number of aliphatic imine (C=N–C) groups is 1. The molecule has 3 aliphatic rings. The maximum Gasteiger partial charge on any atom is 0.426 e. The van der Waals surface area contributed by atoms with Crippen LogP contribution in [-0.2, 0) is 0 Å². The van der Waals surface area contributed by atoms with Crippen LogP contribution in [-0.4, -0.2) is 53.2 Å². The fourth-order valence-electron chi connectivity index (χ4n) is 3.78. The number of piperazine rings is 1. The molecule has 0 saturated carbocycles. The SMILES string of the molecule is C=C/C=C(\N=C/C)c1ccc(OC(F)(F)C(C)(C)O)c2nc(N3CC4CC(C3)N4)oc12. The molecule has 1 aromatic carbocycles. The number of halogens is 2. The molecule has 2 aromatic rings. The molecule has 0 aliphatic carbocycles. The number of hydrogen-bond donors (Lipinski definition) is 2. The lowest BCUT2D eigenvalue weighted by Crippen LogP contribution is -2.67. The van der Waals surface area contributed by atoms with E-state index in [1.54, 1.807) is 31.4 Å². The summed E-state index contributed by atoms with van der Waals surface area (Å²) in [7, 11) is 0. The average molecular weight is 432 g/mol. The van der Waals surface area contributed by atoms with E-state index in [1.807, 2.05) is 4.90 Å². The number of nitrogens with zero attached hydrogens (tertiary/aromatic N) is 3. The normalized spacial score (nSPS) is 22.1. The Morgan fingerprint density at radius 2 is 2.06 bits per heavy atom. The summed E-state index contributed by atoms with van der Waals surface area (Å²) in [5.74, 6) is -0.181. The van der Waals surface area contributed by atoms with Crippen molar-refractivity contribution >= 4 is 29.0 Å². The van der Waals surface area contributed by atoms with Gasteiger partial charge in [-0.25, -0.2) is 0 Å². The molecular weight excluding hydrogens is 406 g/mol. The Bertz CT molecular complexity index is 1040. The topological polar surface area (TPSA) is 83.1 Å². The lowest BCUT2D eigenvalue weighted by Gasteiger charge is -2.47. The Labute approximate surface area is 179 Å². The summed E-state index contributed by atoms with van der Waals surface area (Å²) in [5, 5.41) is 13.3. The maximum atomic E-state index is 14.5. The number of piperidine rings is 1. The Morgan fingerprint density at radius 1 is 1.39 bits per heavy atom. The molecule has 2 N–H and O–H groups in total. The highest BCUT2D eigenvalue weighted by atomic mass is 19.3. The smallest absolute Gasteiger partial charge is 0.426 e. The summed E-state index contributed by atoms with van der Waals surface area (Å²) in [6.45, 7) is 8.89. The molecule has 0 amide bonds. The van der Waals surface area contributed by atoms with Crippen LogP contribution >= 0.6 is 0 Å². The second kappa shape index (κ2) is 7.72. The van der Waals surface area contributed by atoms with E-state index >= 15 is 0 Å². The molecule has 7 nitrogen and oxygen atoms in total. The zero-order valence-electron chi connectivity index (χ0n) is 17.7. The Morgan fingerprint density at radius 3 is 2.65 bits per heavy atom. The van der Waals surface area contributed by atoms with Crippen molar-refractivity contribution in [2.24, 2.45) is 4.99 Å². The Kier molecular flexibility index (Phi) is 5.35. The van der Waals surface area contributed by atoms with Crippen LogP contribution in [0, 0.1) is 0 Å². The fourth-order valence-corrected chi connectivity index (χ4v) is 3.78. The highest BCUT2D eigenvalue weighted by molar-refractivity contribution is 5.93. The van der Waals surface area contributed by atoms with Gasteiger partial charge in [-0.05, 0) is 45.4 Å². The number of oxazole rings is 1. The van der Waals surface area contributed by atoms with Crippen molar-refractivity contribution in [2.45, 2.75) is 51.0 Å². The van der Waals surface area contributed by atoms with Gasteiger partial charge in [0.15, 0.2) is 22.5 Å². The van der Waals surface area contributed by atoms with E-state index in [0.717, 1.165) is 33.4 Å². The number of benzene rings is 1. The minimum atomic E-state index is -3.83. The standard InChI is InChI=1S/C22H26F2N4O3/c1-5-7-16(25-6-2)15-8-9-17(31-22(23,24)21(3,4)29)18-19(15)30-20(27-18)28-11-13-10-14(12-28)26-13/h5-9,13-14,26,29H,1,10-12H2,2-4H3/b16-7-,25-6-. The molecule has 166 valence electrons. The van der Waals surface area contributed by atoms with Gasteiger partial charge in [0.25, 0.3) is 6.01 Å². The predicted molar refractivity (Wildman–Crippen MR) is 116 cm³/mol. The van der Waals surface area contributed by atoms with Crippen LogP contribution in [0.4, 0.5) is 14.8 Å². The molecular formula is C22H26F2N4O3. The van der Waals surface area contributed by atoms with Crippen LogP contribution in [0.15, 0.2) is 40.3 Å². The number of nitrogens with one attached hydrogen (secondary N) is 1. The second-order valence-corrected chi connectivity index (χ2v) is 8.34. The number of hydrogen-bond acceptors (Lipinski definition) is 7. The summed E-state index contributed by atoms with van der Waals surface area (Å²) in [6, 6.07) is 4.05. The number of aliphatic hydroxyl groups is 1. The first-order chi connectivity index (χ1) is 14.6. The molecule has 2 bridgehead atoms.